The van der Waals surface area contributed by atoms with Gasteiger partial charge in [-0.3, -0.25) is 4.90 Å². The summed E-state index contributed by atoms with van der Waals surface area (Å²) in [6, 6.07) is 0.417. The van der Waals surface area contributed by atoms with Gasteiger partial charge in [0.25, 0.3) is 0 Å². The van der Waals surface area contributed by atoms with Crippen LogP contribution in [0.25, 0.3) is 0 Å². The third-order valence-electron chi connectivity index (χ3n) is 2.91. The number of rotatable bonds is 4. The van der Waals surface area contributed by atoms with Crippen molar-refractivity contribution in [1.82, 2.24) is 4.90 Å². The van der Waals surface area contributed by atoms with Gasteiger partial charge in [0.15, 0.2) is 0 Å². The molecule has 1 atom stereocenters. The molecule has 1 fully saturated rings. The second-order valence-electron chi connectivity index (χ2n) is 3.99. The Balaban J connectivity index is 2.51. The Morgan fingerprint density at radius 1 is 1.62 bits per heavy atom. The van der Waals surface area contributed by atoms with Crippen LogP contribution in [0.15, 0.2) is 11.6 Å². The van der Waals surface area contributed by atoms with E-state index in [1.54, 1.807) is 0 Å². The van der Waals surface area contributed by atoms with Crippen LogP contribution in [0.3, 0.4) is 0 Å². The summed E-state index contributed by atoms with van der Waals surface area (Å²) in [4.78, 5) is 13.7. The molecule has 0 spiro atoms. The highest BCUT2D eigenvalue weighted by Gasteiger charge is 2.18. The third-order valence-corrected chi connectivity index (χ3v) is 2.91. The van der Waals surface area contributed by atoms with Crippen LogP contribution in [0.1, 0.15) is 20.3 Å². The minimum atomic E-state index is -0.219. The highest BCUT2D eigenvalue weighted by Crippen LogP contribution is 2.08. The fourth-order valence-electron chi connectivity index (χ4n) is 1.76. The van der Waals surface area contributed by atoms with Gasteiger partial charge in [-0.1, -0.05) is 13.0 Å². The summed E-state index contributed by atoms with van der Waals surface area (Å²) in [5.74, 6) is -0.219. The molecule has 0 aromatic rings. The van der Waals surface area contributed by atoms with Crippen molar-refractivity contribution in [2.75, 3.05) is 33.4 Å². The molecular formula is C12H21NO3. The molecule has 1 aliphatic rings. The molecule has 1 unspecified atom stereocenters. The number of methoxy groups -OCH3 is 1. The Kier molecular flexibility index (Phi) is 5.49. The molecule has 0 radical (unpaired) electrons. The van der Waals surface area contributed by atoms with Crippen molar-refractivity contribution in [3.63, 3.8) is 0 Å². The van der Waals surface area contributed by atoms with Gasteiger partial charge in [0.05, 0.1) is 20.3 Å². The smallest absolute Gasteiger partial charge is 0.333 e. The Morgan fingerprint density at radius 3 is 2.94 bits per heavy atom. The van der Waals surface area contributed by atoms with Crippen LogP contribution >= 0.6 is 0 Å². The van der Waals surface area contributed by atoms with Gasteiger partial charge < -0.3 is 9.47 Å². The molecule has 4 nitrogen and oxygen atoms in total. The highest BCUT2D eigenvalue weighted by atomic mass is 16.5. The predicted molar refractivity (Wildman–Crippen MR) is 62.2 cm³/mol. The Labute approximate surface area is 97.2 Å². The molecule has 92 valence electrons. The van der Waals surface area contributed by atoms with E-state index in [4.69, 9.17) is 9.47 Å². The first kappa shape index (κ1) is 13.2. The molecule has 0 aromatic carbocycles. The first-order chi connectivity index (χ1) is 7.69. The molecular weight excluding hydrogens is 206 g/mol. The van der Waals surface area contributed by atoms with Crippen molar-refractivity contribution in [3.05, 3.63) is 11.6 Å². The van der Waals surface area contributed by atoms with Crippen LogP contribution in [0.4, 0.5) is 0 Å². The van der Waals surface area contributed by atoms with Gasteiger partial charge in [0, 0.05) is 24.7 Å². The molecule has 0 aliphatic carbocycles. The van der Waals surface area contributed by atoms with E-state index in [9.17, 15) is 4.79 Å². The van der Waals surface area contributed by atoms with Gasteiger partial charge >= 0.3 is 5.97 Å². The van der Waals surface area contributed by atoms with E-state index < -0.39 is 0 Å². The fraction of sp³-hybridized carbons (Fsp3) is 0.750. The number of hydrogen-bond acceptors (Lipinski definition) is 4. The average molecular weight is 227 g/mol. The average Bonchev–Trinajstić information content (AvgIpc) is 2.31. The van der Waals surface area contributed by atoms with Gasteiger partial charge in [-0.2, -0.15) is 0 Å². The van der Waals surface area contributed by atoms with Crippen LogP contribution in [-0.2, 0) is 14.3 Å². The van der Waals surface area contributed by atoms with Gasteiger partial charge in [-0.15, -0.1) is 0 Å². The van der Waals surface area contributed by atoms with E-state index in [0.29, 0.717) is 12.5 Å². The zero-order chi connectivity index (χ0) is 12.0. The van der Waals surface area contributed by atoms with E-state index in [1.807, 2.05) is 13.0 Å². The number of nitrogens with zero attached hydrogens (tertiary/aromatic N) is 1. The lowest BCUT2D eigenvalue weighted by Gasteiger charge is -2.32. The molecule has 0 N–H and O–H groups in total. The summed E-state index contributed by atoms with van der Waals surface area (Å²) < 4.78 is 10.1. The molecule has 1 aliphatic heterocycles. The van der Waals surface area contributed by atoms with Crippen molar-refractivity contribution >= 4 is 5.97 Å². The Hall–Kier alpha value is -0.870. The molecule has 1 saturated heterocycles. The zero-order valence-electron chi connectivity index (χ0n) is 10.4. The number of esters is 1. The Bertz CT molecular complexity index is 263. The van der Waals surface area contributed by atoms with E-state index >= 15 is 0 Å². The number of morpholine rings is 1. The first-order valence-electron chi connectivity index (χ1n) is 5.78. The van der Waals surface area contributed by atoms with Crippen LogP contribution in [-0.4, -0.2) is 50.3 Å². The first-order valence-corrected chi connectivity index (χ1v) is 5.78. The van der Waals surface area contributed by atoms with Crippen LogP contribution in [0.2, 0.25) is 0 Å². The maximum absolute atomic E-state index is 11.4. The quantitative estimate of drug-likeness (QED) is 0.534. The monoisotopic (exact) mass is 227 g/mol. The predicted octanol–water partition coefficient (Wildman–Crippen LogP) is 1.22. The van der Waals surface area contributed by atoms with Gasteiger partial charge in [0.1, 0.15) is 0 Å². The minimum Gasteiger partial charge on any atom is -0.466 e. The fourth-order valence-corrected chi connectivity index (χ4v) is 1.76. The summed E-state index contributed by atoms with van der Waals surface area (Å²) in [7, 11) is 1.42. The Morgan fingerprint density at radius 2 is 2.38 bits per heavy atom. The number of carbonyl (C=O) groups excluding carboxylic acids is 1. The van der Waals surface area contributed by atoms with Crippen molar-refractivity contribution in [2.24, 2.45) is 0 Å². The maximum atomic E-state index is 11.4. The van der Waals surface area contributed by atoms with E-state index in [-0.39, 0.29) is 5.97 Å². The summed E-state index contributed by atoms with van der Waals surface area (Å²) in [6.07, 6.45) is 2.68. The molecule has 0 saturated carbocycles. The molecule has 0 amide bonds. The summed E-state index contributed by atoms with van der Waals surface area (Å²) in [5.41, 5.74) is 0.751. The number of carbonyl (C=O) groups is 1. The standard InChI is InChI=1S/C12H21NO3/c1-4-11(12(14)15-3)5-6-13-7-8-16-9-10(13)2/h5,10H,4,6-9H2,1-3H3. The summed E-state index contributed by atoms with van der Waals surface area (Å²) >= 11 is 0. The molecule has 0 bridgehead atoms. The summed E-state index contributed by atoms with van der Waals surface area (Å²) in [5, 5.41) is 0. The third kappa shape index (κ3) is 3.61. The lowest BCUT2D eigenvalue weighted by Crippen LogP contribution is -2.43. The van der Waals surface area contributed by atoms with Crippen LogP contribution in [0, 0.1) is 0 Å². The van der Waals surface area contributed by atoms with Gasteiger partial charge in [-0.25, -0.2) is 4.79 Å². The SMILES string of the molecule is CCC(=CCN1CCOCC1C)C(=O)OC. The lowest BCUT2D eigenvalue weighted by atomic mass is 10.1. The molecule has 1 heterocycles. The maximum Gasteiger partial charge on any atom is 0.333 e. The molecule has 4 heteroatoms. The zero-order valence-corrected chi connectivity index (χ0v) is 10.4. The number of hydrogen-bond donors (Lipinski definition) is 0. The van der Waals surface area contributed by atoms with Crippen molar-refractivity contribution in [3.8, 4) is 0 Å². The van der Waals surface area contributed by atoms with Gasteiger partial charge in [-0.05, 0) is 13.3 Å². The van der Waals surface area contributed by atoms with Crippen molar-refractivity contribution in [1.29, 1.82) is 0 Å². The van der Waals surface area contributed by atoms with Gasteiger partial charge in [0.2, 0.25) is 0 Å². The van der Waals surface area contributed by atoms with E-state index in [2.05, 4.69) is 11.8 Å². The largest absolute Gasteiger partial charge is 0.466 e. The summed E-state index contributed by atoms with van der Waals surface area (Å²) in [6.45, 7) is 7.37. The number of ether oxygens (including phenoxy) is 2. The topological polar surface area (TPSA) is 38.8 Å². The second-order valence-corrected chi connectivity index (χ2v) is 3.99. The normalized spacial score (nSPS) is 23.2. The molecule has 1 rings (SSSR count). The molecule has 0 aromatic heterocycles. The van der Waals surface area contributed by atoms with E-state index in [0.717, 1.165) is 31.9 Å². The van der Waals surface area contributed by atoms with E-state index in [1.165, 1.54) is 7.11 Å². The lowest BCUT2D eigenvalue weighted by molar-refractivity contribution is -0.136. The molecule has 16 heavy (non-hydrogen) atoms. The minimum absolute atomic E-state index is 0.219. The van der Waals surface area contributed by atoms with Crippen LogP contribution in [0.5, 0.6) is 0 Å². The van der Waals surface area contributed by atoms with Crippen molar-refractivity contribution in [2.45, 2.75) is 26.3 Å². The van der Waals surface area contributed by atoms with Crippen LogP contribution < -0.4 is 0 Å². The van der Waals surface area contributed by atoms with Crippen molar-refractivity contribution < 1.29 is 14.3 Å². The highest BCUT2D eigenvalue weighted by molar-refractivity contribution is 5.88. The second kappa shape index (κ2) is 6.66.